The number of ether oxygens (including phenoxy) is 1. The summed E-state index contributed by atoms with van der Waals surface area (Å²) in [5, 5.41) is 11.5. The Bertz CT molecular complexity index is 1250. The van der Waals surface area contributed by atoms with Gasteiger partial charge in [-0.3, -0.25) is 14.9 Å². The zero-order valence-corrected chi connectivity index (χ0v) is 19.3. The molecule has 1 aliphatic carbocycles. The van der Waals surface area contributed by atoms with Gasteiger partial charge in [0.1, 0.15) is 12.4 Å². The monoisotopic (exact) mass is 476 g/mol. The van der Waals surface area contributed by atoms with E-state index in [1.165, 1.54) is 26.1 Å². The van der Waals surface area contributed by atoms with Crippen LogP contribution in [0.5, 0.6) is 0 Å². The predicted molar refractivity (Wildman–Crippen MR) is 129 cm³/mol. The summed E-state index contributed by atoms with van der Waals surface area (Å²) in [5.41, 5.74) is 4.30. The minimum atomic E-state index is -1.05. The van der Waals surface area contributed by atoms with E-state index >= 15 is 0 Å². The molecular formula is C27H25FN2O5. The van der Waals surface area contributed by atoms with Crippen LogP contribution in [0.3, 0.4) is 0 Å². The fraction of sp³-hybridized carbons (Fsp3) is 0.222. The summed E-state index contributed by atoms with van der Waals surface area (Å²) >= 11 is 0. The molecule has 0 aromatic heterocycles. The fourth-order valence-electron chi connectivity index (χ4n) is 4.30. The minimum Gasteiger partial charge on any atom is -0.481 e. The predicted octanol–water partition coefficient (Wildman–Crippen LogP) is 4.98. The molecule has 0 bridgehead atoms. The number of hydrogen-bond acceptors (Lipinski definition) is 4. The summed E-state index contributed by atoms with van der Waals surface area (Å²) < 4.78 is 20.1. The number of carboxylic acid groups (broad SMARTS) is 1. The van der Waals surface area contributed by atoms with E-state index in [0.717, 1.165) is 33.2 Å². The van der Waals surface area contributed by atoms with Crippen molar-refractivity contribution >= 4 is 23.7 Å². The molecular weight excluding hydrogens is 451 g/mol. The second kappa shape index (κ2) is 9.97. The lowest BCUT2D eigenvalue weighted by Crippen LogP contribution is -2.34. The number of aliphatic carboxylic acids is 1. The third-order valence-corrected chi connectivity index (χ3v) is 6.11. The van der Waals surface area contributed by atoms with E-state index < -0.39 is 29.7 Å². The first-order valence-corrected chi connectivity index (χ1v) is 11.2. The molecule has 8 heteroatoms. The molecule has 7 nitrogen and oxygen atoms in total. The smallest absolute Gasteiger partial charge is 0.411 e. The molecule has 0 saturated heterocycles. The van der Waals surface area contributed by atoms with E-state index in [9.17, 15) is 18.8 Å². The lowest BCUT2D eigenvalue weighted by atomic mass is 9.98. The number of nitrogens with one attached hydrogen (secondary N) is 1. The van der Waals surface area contributed by atoms with Crippen LogP contribution in [-0.4, -0.2) is 48.2 Å². The van der Waals surface area contributed by atoms with Gasteiger partial charge in [-0.2, -0.15) is 0 Å². The van der Waals surface area contributed by atoms with Crippen LogP contribution in [0.4, 0.5) is 14.9 Å². The van der Waals surface area contributed by atoms with Crippen LogP contribution in [0.1, 0.15) is 34.3 Å². The van der Waals surface area contributed by atoms with Crippen LogP contribution in [0.15, 0.2) is 66.7 Å². The van der Waals surface area contributed by atoms with Gasteiger partial charge in [0.25, 0.3) is 5.91 Å². The second-order valence-electron chi connectivity index (χ2n) is 8.57. The molecule has 4 rings (SSSR count). The summed E-state index contributed by atoms with van der Waals surface area (Å²) in [6.07, 6.45) is -0.738. The van der Waals surface area contributed by atoms with Crippen molar-refractivity contribution in [2.24, 2.45) is 5.92 Å². The van der Waals surface area contributed by atoms with Gasteiger partial charge in [0, 0.05) is 25.2 Å². The largest absolute Gasteiger partial charge is 0.481 e. The van der Waals surface area contributed by atoms with Crippen LogP contribution in [0.2, 0.25) is 0 Å². The Morgan fingerprint density at radius 1 is 1.03 bits per heavy atom. The Balaban J connectivity index is 1.39. The van der Waals surface area contributed by atoms with Crippen molar-refractivity contribution in [3.8, 4) is 11.1 Å². The Kier molecular flexibility index (Phi) is 6.82. The van der Waals surface area contributed by atoms with Crippen molar-refractivity contribution in [1.82, 2.24) is 4.90 Å². The summed E-state index contributed by atoms with van der Waals surface area (Å²) in [6.45, 7) is 1.52. The van der Waals surface area contributed by atoms with Gasteiger partial charge in [0.15, 0.2) is 0 Å². The Labute approximate surface area is 202 Å². The average Bonchev–Trinajstić information content (AvgIpc) is 3.16. The maximum atomic E-state index is 14.6. The van der Waals surface area contributed by atoms with Crippen LogP contribution < -0.4 is 5.32 Å². The van der Waals surface area contributed by atoms with Crippen molar-refractivity contribution in [1.29, 1.82) is 0 Å². The molecule has 3 aromatic rings. The highest BCUT2D eigenvalue weighted by Crippen LogP contribution is 2.44. The maximum absolute atomic E-state index is 14.6. The third kappa shape index (κ3) is 5.01. The highest BCUT2D eigenvalue weighted by Gasteiger charge is 2.29. The molecule has 2 N–H and O–H groups in total. The van der Waals surface area contributed by atoms with E-state index in [2.05, 4.69) is 5.32 Å². The van der Waals surface area contributed by atoms with Crippen molar-refractivity contribution < 1.29 is 28.6 Å². The first-order valence-electron chi connectivity index (χ1n) is 11.2. The molecule has 35 heavy (non-hydrogen) atoms. The molecule has 0 radical (unpaired) electrons. The molecule has 1 unspecified atom stereocenters. The van der Waals surface area contributed by atoms with E-state index in [4.69, 9.17) is 9.84 Å². The molecule has 1 atom stereocenters. The number of carbonyl (C=O) groups excluding carboxylic acids is 2. The lowest BCUT2D eigenvalue weighted by molar-refractivity contribution is -0.141. The highest BCUT2D eigenvalue weighted by atomic mass is 19.1. The van der Waals surface area contributed by atoms with E-state index in [-0.39, 0.29) is 30.3 Å². The van der Waals surface area contributed by atoms with Gasteiger partial charge in [0.2, 0.25) is 0 Å². The van der Waals surface area contributed by atoms with Crippen molar-refractivity contribution in [3.05, 3.63) is 89.2 Å². The molecule has 0 saturated carbocycles. The number of benzene rings is 3. The van der Waals surface area contributed by atoms with Crippen LogP contribution in [-0.2, 0) is 9.53 Å². The molecule has 0 spiro atoms. The number of rotatable bonds is 7. The van der Waals surface area contributed by atoms with E-state index in [1.54, 1.807) is 0 Å². The first-order chi connectivity index (χ1) is 16.8. The zero-order valence-electron chi connectivity index (χ0n) is 19.3. The first kappa shape index (κ1) is 23.9. The van der Waals surface area contributed by atoms with Crippen LogP contribution in [0.25, 0.3) is 11.1 Å². The number of fused-ring (bicyclic) bond motifs is 3. The number of anilines is 1. The number of carboxylic acids is 1. The molecule has 3 aromatic carbocycles. The number of nitrogens with zero attached hydrogens (tertiary/aromatic N) is 1. The molecule has 2 amide bonds. The summed E-state index contributed by atoms with van der Waals surface area (Å²) in [7, 11) is 1.41. The van der Waals surface area contributed by atoms with Gasteiger partial charge in [-0.25, -0.2) is 9.18 Å². The summed E-state index contributed by atoms with van der Waals surface area (Å²) in [6, 6.07) is 19.6. The van der Waals surface area contributed by atoms with Crippen LogP contribution in [0, 0.1) is 11.7 Å². The summed E-state index contributed by atoms with van der Waals surface area (Å²) in [4.78, 5) is 37.1. The third-order valence-electron chi connectivity index (χ3n) is 6.11. The molecule has 180 valence electrons. The lowest BCUT2D eigenvalue weighted by Gasteiger charge is -2.20. The van der Waals surface area contributed by atoms with Gasteiger partial charge < -0.3 is 14.7 Å². The Hall–Kier alpha value is -4.20. The topological polar surface area (TPSA) is 95.9 Å². The second-order valence-corrected chi connectivity index (χ2v) is 8.57. The Morgan fingerprint density at radius 2 is 1.63 bits per heavy atom. The fourth-order valence-corrected chi connectivity index (χ4v) is 4.30. The minimum absolute atomic E-state index is 0.0621. The van der Waals surface area contributed by atoms with Gasteiger partial charge in [-0.15, -0.1) is 0 Å². The number of halogens is 1. The number of amides is 2. The molecule has 1 aliphatic rings. The van der Waals surface area contributed by atoms with Gasteiger partial charge in [-0.05, 0) is 40.5 Å². The van der Waals surface area contributed by atoms with Gasteiger partial charge in [0.05, 0.1) is 11.5 Å². The average molecular weight is 477 g/mol. The maximum Gasteiger partial charge on any atom is 0.411 e. The highest BCUT2D eigenvalue weighted by molar-refractivity contribution is 5.95. The number of hydrogen-bond donors (Lipinski definition) is 2. The normalized spacial score (nSPS) is 12.9. The van der Waals surface area contributed by atoms with Crippen molar-refractivity contribution in [3.63, 3.8) is 0 Å². The zero-order chi connectivity index (χ0) is 25.1. The molecule has 0 heterocycles. The van der Waals surface area contributed by atoms with E-state index in [1.807, 2.05) is 48.5 Å². The summed E-state index contributed by atoms with van der Waals surface area (Å²) in [5.74, 6) is -3.42. The standard InChI is InChI=1S/C27H25FN2O5/c1-16(26(32)33)14-30(2)25(31)22-12-11-17(13-24(22)28)29-27(34)35-15-23-20-9-5-3-7-18(20)19-8-4-6-10-21(19)23/h3-13,16,23H,14-15H2,1-2H3,(H,29,34)(H,32,33). The quantitative estimate of drug-likeness (QED) is 0.502. The van der Waals surface area contributed by atoms with Crippen molar-refractivity contribution in [2.45, 2.75) is 12.8 Å². The van der Waals surface area contributed by atoms with Crippen LogP contribution >= 0.6 is 0 Å². The SMILES string of the molecule is CC(CN(C)C(=O)c1ccc(NC(=O)OCC2c3ccccc3-c3ccccc32)cc1F)C(=O)O. The van der Waals surface area contributed by atoms with Crippen molar-refractivity contribution in [2.75, 3.05) is 25.5 Å². The molecule has 0 aliphatic heterocycles. The Morgan fingerprint density at radius 3 is 2.20 bits per heavy atom. The van der Waals surface area contributed by atoms with Gasteiger partial charge in [-0.1, -0.05) is 55.5 Å². The molecule has 0 fully saturated rings. The number of carbonyl (C=O) groups is 3. The van der Waals surface area contributed by atoms with Gasteiger partial charge >= 0.3 is 12.1 Å². The van der Waals surface area contributed by atoms with E-state index in [0.29, 0.717) is 0 Å².